The predicted molar refractivity (Wildman–Crippen MR) is 186 cm³/mol. The summed E-state index contributed by atoms with van der Waals surface area (Å²) in [5, 5.41) is 21.0. The minimum atomic E-state index is -0.722. The van der Waals surface area contributed by atoms with Crippen LogP contribution in [0.25, 0.3) is 16.6 Å². The monoisotopic (exact) mass is 726 g/mol. The van der Waals surface area contributed by atoms with Gasteiger partial charge in [0.1, 0.15) is 28.9 Å². The first-order valence-corrected chi connectivity index (χ1v) is 16.0. The van der Waals surface area contributed by atoms with E-state index in [1.165, 1.54) is 22.9 Å². The second kappa shape index (κ2) is 13.7. The third-order valence-electron chi connectivity index (χ3n) is 8.04. The number of ketones is 1. The number of amidine groups is 1. The quantitative estimate of drug-likeness (QED) is 0.0731. The summed E-state index contributed by atoms with van der Waals surface area (Å²) in [7, 11) is 0. The fourth-order valence-corrected chi connectivity index (χ4v) is 5.76. The van der Waals surface area contributed by atoms with Crippen molar-refractivity contribution < 1.29 is 9.53 Å². The molecule has 1 fully saturated rings. The van der Waals surface area contributed by atoms with Gasteiger partial charge in [-0.3, -0.25) is 34.9 Å². The van der Waals surface area contributed by atoms with Gasteiger partial charge in [0, 0.05) is 33.0 Å². The number of carbonyl (C=O) groups is 1. The molecule has 1 aromatic carbocycles. The highest BCUT2D eigenvalue weighted by molar-refractivity contribution is 14.1. The van der Waals surface area contributed by atoms with Gasteiger partial charge in [0.25, 0.3) is 5.56 Å². The predicted octanol–water partition coefficient (Wildman–Crippen LogP) is 5.94. The number of nitrogens with zero attached hydrogens (tertiary/aromatic N) is 5. The number of hydrogen-bond acceptors (Lipinski definition) is 9. The SMILES string of the molecule is CCN1CCC(C(=N)Nc2cc3c(Oc4ccc(C(=N)C(=O)c5cccn(-c6ccc(I)cc6)c5=O)nc4)ccnc3cn2)CC1. The van der Waals surface area contributed by atoms with Gasteiger partial charge in [-0.05, 0) is 116 Å². The number of hydrogen-bond donors (Lipinski definition) is 3. The first kappa shape index (κ1) is 31.2. The molecule has 11 nitrogen and oxygen atoms in total. The van der Waals surface area contributed by atoms with Crippen molar-refractivity contribution in [1.82, 2.24) is 24.4 Å². The Morgan fingerprint density at radius 2 is 1.80 bits per heavy atom. The molecule has 1 aliphatic rings. The van der Waals surface area contributed by atoms with Crippen LogP contribution >= 0.6 is 22.6 Å². The molecule has 5 aromatic rings. The number of halogens is 1. The average molecular weight is 727 g/mol. The number of anilines is 1. The Labute approximate surface area is 278 Å². The van der Waals surface area contributed by atoms with Gasteiger partial charge in [0.15, 0.2) is 0 Å². The molecule has 1 aliphatic heterocycles. The maximum Gasteiger partial charge on any atom is 0.266 e. The zero-order chi connectivity index (χ0) is 32.2. The molecule has 232 valence electrons. The minimum Gasteiger partial charge on any atom is -0.455 e. The van der Waals surface area contributed by atoms with Crippen molar-refractivity contribution >= 4 is 56.6 Å². The van der Waals surface area contributed by atoms with E-state index in [-0.39, 0.29) is 17.2 Å². The molecule has 46 heavy (non-hydrogen) atoms. The zero-order valence-corrected chi connectivity index (χ0v) is 27.2. The minimum absolute atomic E-state index is 0.111. The van der Waals surface area contributed by atoms with Gasteiger partial charge in [0.05, 0.1) is 29.2 Å². The van der Waals surface area contributed by atoms with E-state index in [9.17, 15) is 9.59 Å². The zero-order valence-electron chi connectivity index (χ0n) is 25.0. The van der Waals surface area contributed by atoms with E-state index in [2.05, 4.69) is 54.7 Å². The van der Waals surface area contributed by atoms with E-state index >= 15 is 0 Å². The third-order valence-corrected chi connectivity index (χ3v) is 8.76. The van der Waals surface area contributed by atoms with Crippen molar-refractivity contribution in [2.24, 2.45) is 5.92 Å². The molecule has 4 aromatic heterocycles. The number of carbonyl (C=O) groups excluding carboxylic acids is 1. The number of pyridine rings is 4. The van der Waals surface area contributed by atoms with Crippen LogP contribution in [0, 0.1) is 20.3 Å². The van der Waals surface area contributed by atoms with Crippen LogP contribution in [-0.2, 0) is 0 Å². The largest absolute Gasteiger partial charge is 0.455 e. The Kier molecular flexibility index (Phi) is 9.26. The molecule has 0 spiro atoms. The molecule has 1 saturated heterocycles. The van der Waals surface area contributed by atoms with Gasteiger partial charge in [-0.1, -0.05) is 6.92 Å². The number of Topliss-reactive ketones (excluding diaryl/α,β-unsaturated/α-hetero) is 1. The number of rotatable bonds is 9. The van der Waals surface area contributed by atoms with Gasteiger partial charge in [-0.2, -0.15) is 0 Å². The van der Waals surface area contributed by atoms with Crippen molar-refractivity contribution in [2.75, 3.05) is 25.0 Å². The number of benzene rings is 1. The van der Waals surface area contributed by atoms with Crippen LogP contribution in [0.3, 0.4) is 0 Å². The summed E-state index contributed by atoms with van der Waals surface area (Å²) in [6.07, 6.45) is 8.15. The van der Waals surface area contributed by atoms with Crippen LogP contribution in [0.5, 0.6) is 11.5 Å². The third kappa shape index (κ3) is 6.72. The highest BCUT2D eigenvalue weighted by atomic mass is 127. The van der Waals surface area contributed by atoms with Crippen LogP contribution in [0.2, 0.25) is 0 Å². The van der Waals surface area contributed by atoms with Crippen LogP contribution in [-0.4, -0.2) is 61.4 Å². The van der Waals surface area contributed by atoms with Crippen molar-refractivity contribution in [2.45, 2.75) is 19.8 Å². The molecule has 0 aliphatic carbocycles. The first-order chi connectivity index (χ1) is 22.3. The molecule has 5 heterocycles. The lowest BCUT2D eigenvalue weighted by molar-refractivity contribution is 0.106. The number of nitrogens with one attached hydrogen (secondary N) is 3. The van der Waals surface area contributed by atoms with Gasteiger partial charge < -0.3 is 15.0 Å². The lowest BCUT2D eigenvalue weighted by atomic mass is 9.95. The Balaban J connectivity index is 1.16. The van der Waals surface area contributed by atoms with E-state index < -0.39 is 17.1 Å². The molecule has 0 amide bonds. The molecule has 6 rings (SSSR count). The van der Waals surface area contributed by atoms with Crippen LogP contribution < -0.4 is 15.6 Å². The standard InChI is InChI=1S/C34H31IN8O3/c1-2-42-16-12-21(13-17-42)33(37)41-30-18-26-28(20-40-30)38-14-11-29(26)46-24-9-10-27(39-19-24)31(36)32(44)25-4-3-15-43(34(25)45)23-7-5-22(35)6-8-23/h3-11,14-15,18-21,36H,2,12-13,16-17H2,1H3,(H2,37,40,41). The summed E-state index contributed by atoms with van der Waals surface area (Å²) in [4.78, 5) is 41.9. The second-order valence-electron chi connectivity index (χ2n) is 10.9. The summed E-state index contributed by atoms with van der Waals surface area (Å²) >= 11 is 2.18. The molecule has 0 radical (unpaired) electrons. The van der Waals surface area contributed by atoms with E-state index in [0.29, 0.717) is 39.7 Å². The highest BCUT2D eigenvalue weighted by Gasteiger charge is 2.23. The summed E-state index contributed by atoms with van der Waals surface area (Å²) in [5.74, 6) is 1.33. The Morgan fingerprint density at radius 3 is 2.52 bits per heavy atom. The highest BCUT2D eigenvalue weighted by Crippen LogP contribution is 2.30. The number of likely N-dealkylation sites (tertiary alicyclic amines) is 1. The Morgan fingerprint density at radius 1 is 1.02 bits per heavy atom. The number of ether oxygens (including phenoxy) is 1. The molecule has 0 saturated carbocycles. The van der Waals surface area contributed by atoms with Crippen molar-refractivity contribution in [3.63, 3.8) is 0 Å². The molecule has 12 heteroatoms. The van der Waals surface area contributed by atoms with E-state index in [0.717, 1.165) is 36.0 Å². The fourth-order valence-electron chi connectivity index (χ4n) is 5.40. The van der Waals surface area contributed by atoms with Gasteiger partial charge in [-0.25, -0.2) is 4.98 Å². The molecule has 0 unspecified atom stereocenters. The van der Waals surface area contributed by atoms with E-state index in [1.807, 2.05) is 18.2 Å². The van der Waals surface area contributed by atoms with Gasteiger partial charge in [0.2, 0.25) is 5.78 Å². The number of aromatic nitrogens is 4. The maximum absolute atomic E-state index is 13.2. The lowest BCUT2D eigenvalue weighted by Crippen LogP contribution is -2.37. The topological polar surface area (TPSA) is 150 Å². The van der Waals surface area contributed by atoms with E-state index in [1.54, 1.807) is 48.9 Å². The van der Waals surface area contributed by atoms with Gasteiger partial charge >= 0.3 is 0 Å². The van der Waals surface area contributed by atoms with Crippen molar-refractivity contribution in [3.8, 4) is 17.2 Å². The normalized spacial score (nSPS) is 13.8. The van der Waals surface area contributed by atoms with Crippen LogP contribution in [0.15, 0.2) is 90.2 Å². The first-order valence-electron chi connectivity index (χ1n) is 14.9. The van der Waals surface area contributed by atoms with Gasteiger partial charge in [-0.15, -0.1) is 0 Å². The summed E-state index contributed by atoms with van der Waals surface area (Å²) in [5.41, 5.74) is 0.335. The lowest BCUT2D eigenvalue weighted by Gasteiger charge is -2.31. The Bertz CT molecular complexity index is 1990. The molecule has 3 N–H and O–H groups in total. The Hall–Kier alpha value is -4.82. The number of piperidine rings is 1. The second-order valence-corrected chi connectivity index (χ2v) is 12.1. The van der Waals surface area contributed by atoms with Crippen LogP contribution in [0.4, 0.5) is 5.82 Å². The van der Waals surface area contributed by atoms with Crippen LogP contribution in [0.1, 0.15) is 35.8 Å². The summed E-state index contributed by atoms with van der Waals surface area (Å²) in [6, 6.07) is 17.0. The molecular formula is C34H31IN8O3. The average Bonchev–Trinajstić information content (AvgIpc) is 3.09. The summed E-state index contributed by atoms with van der Waals surface area (Å²) in [6.45, 7) is 5.15. The van der Waals surface area contributed by atoms with Crippen molar-refractivity contribution in [3.05, 3.63) is 111 Å². The smallest absolute Gasteiger partial charge is 0.266 e. The number of fused-ring (bicyclic) bond motifs is 1. The maximum atomic E-state index is 13.2. The van der Waals surface area contributed by atoms with E-state index in [4.69, 9.17) is 15.6 Å². The molecule has 0 atom stereocenters. The molecule has 0 bridgehead atoms. The molecular weight excluding hydrogens is 695 g/mol. The van der Waals surface area contributed by atoms with Crippen molar-refractivity contribution in [1.29, 1.82) is 10.8 Å². The fraction of sp³-hybridized carbons (Fsp3) is 0.206. The summed E-state index contributed by atoms with van der Waals surface area (Å²) < 4.78 is 8.54.